The Morgan fingerprint density at radius 1 is 1.14 bits per heavy atom. The van der Waals surface area contributed by atoms with Crippen molar-refractivity contribution in [2.75, 3.05) is 13.7 Å². The summed E-state index contributed by atoms with van der Waals surface area (Å²) in [5.74, 6) is 0.649. The largest absolute Gasteiger partial charge is 0.385 e. The Labute approximate surface area is 167 Å². The van der Waals surface area contributed by atoms with E-state index in [9.17, 15) is 4.79 Å². The van der Waals surface area contributed by atoms with Crippen LogP contribution in [0.4, 0.5) is 0 Å². The number of para-hydroxylation sites is 1. The predicted octanol–water partition coefficient (Wildman–Crippen LogP) is 3.68. The molecule has 0 N–H and O–H groups in total. The third-order valence-corrected chi connectivity index (χ3v) is 5.64. The molecule has 1 aromatic carbocycles. The molecule has 0 saturated heterocycles. The summed E-state index contributed by atoms with van der Waals surface area (Å²) in [6.45, 7) is 3.24. The quantitative estimate of drug-likeness (QED) is 0.272. The Kier molecular flexibility index (Phi) is 5.45. The first-order chi connectivity index (χ1) is 13.7. The second kappa shape index (κ2) is 8.16. The summed E-state index contributed by atoms with van der Waals surface area (Å²) in [4.78, 5) is 22.5. The molecule has 0 spiro atoms. The van der Waals surface area contributed by atoms with Gasteiger partial charge in [0, 0.05) is 38.4 Å². The van der Waals surface area contributed by atoms with Gasteiger partial charge in [0.1, 0.15) is 5.65 Å². The zero-order valence-electron chi connectivity index (χ0n) is 16.0. The van der Waals surface area contributed by atoms with Crippen LogP contribution < -0.4 is 5.56 Å². The van der Waals surface area contributed by atoms with Crippen LogP contribution in [-0.4, -0.2) is 32.7 Å². The van der Waals surface area contributed by atoms with Gasteiger partial charge in [-0.05, 0) is 37.1 Å². The zero-order valence-corrected chi connectivity index (χ0v) is 16.8. The van der Waals surface area contributed by atoms with Gasteiger partial charge in [-0.3, -0.25) is 9.36 Å². The first kappa shape index (κ1) is 18.7. The standard InChI is InChI=1S/C21H22N4O2S/c1-15-7-5-10-24-13-16(22-19(15)24)14-28-21-23-18-9-4-3-8-17(18)20(26)25(21)11-6-12-27-2/h3-5,7-10,13H,6,11-12,14H2,1-2H3. The maximum atomic E-state index is 13.0. The molecule has 0 radical (unpaired) electrons. The molecule has 0 aliphatic carbocycles. The van der Waals surface area contributed by atoms with Crippen LogP contribution in [0.1, 0.15) is 17.7 Å². The lowest BCUT2D eigenvalue weighted by Gasteiger charge is -2.12. The molecule has 4 aromatic rings. The van der Waals surface area contributed by atoms with Crippen LogP contribution in [0.3, 0.4) is 0 Å². The Morgan fingerprint density at radius 2 is 2.00 bits per heavy atom. The maximum Gasteiger partial charge on any atom is 0.262 e. The molecule has 28 heavy (non-hydrogen) atoms. The summed E-state index contributed by atoms with van der Waals surface area (Å²) in [7, 11) is 1.67. The fourth-order valence-corrected chi connectivity index (χ4v) is 4.14. The van der Waals surface area contributed by atoms with E-state index in [2.05, 4.69) is 13.0 Å². The van der Waals surface area contributed by atoms with Crippen molar-refractivity contribution in [3.63, 3.8) is 0 Å². The summed E-state index contributed by atoms with van der Waals surface area (Å²) < 4.78 is 8.94. The summed E-state index contributed by atoms with van der Waals surface area (Å²) in [5, 5.41) is 1.36. The Balaban J connectivity index is 1.66. The fraction of sp³-hybridized carbons (Fsp3) is 0.286. The number of nitrogens with zero attached hydrogens (tertiary/aromatic N) is 4. The number of aromatic nitrogens is 4. The molecule has 3 heterocycles. The third-order valence-electron chi connectivity index (χ3n) is 4.63. The minimum Gasteiger partial charge on any atom is -0.385 e. The van der Waals surface area contributed by atoms with Gasteiger partial charge in [-0.1, -0.05) is 30.0 Å². The van der Waals surface area contributed by atoms with Gasteiger partial charge < -0.3 is 9.14 Å². The second-order valence-corrected chi connectivity index (χ2v) is 7.60. The van der Waals surface area contributed by atoms with E-state index in [1.54, 1.807) is 23.4 Å². The number of pyridine rings is 1. The molecule has 0 atom stereocenters. The number of hydrogen-bond donors (Lipinski definition) is 0. The number of aryl methyl sites for hydroxylation is 1. The Hall–Kier alpha value is -2.64. The first-order valence-electron chi connectivity index (χ1n) is 9.22. The highest BCUT2D eigenvalue weighted by Gasteiger charge is 2.13. The number of fused-ring (bicyclic) bond motifs is 2. The summed E-state index contributed by atoms with van der Waals surface area (Å²) in [6.07, 6.45) is 4.79. The van der Waals surface area contributed by atoms with E-state index in [0.717, 1.165) is 28.8 Å². The van der Waals surface area contributed by atoms with Crippen molar-refractivity contribution in [3.05, 3.63) is 70.4 Å². The van der Waals surface area contributed by atoms with Crippen LogP contribution in [-0.2, 0) is 17.0 Å². The van der Waals surface area contributed by atoms with E-state index < -0.39 is 0 Å². The number of thioether (sulfide) groups is 1. The molecule has 7 heteroatoms. The van der Waals surface area contributed by atoms with E-state index in [1.165, 1.54) is 0 Å². The fourth-order valence-electron chi connectivity index (χ4n) is 3.23. The van der Waals surface area contributed by atoms with Crippen molar-refractivity contribution in [2.24, 2.45) is 0 Å². The molecule has 3 aromatic heterocycles. The van der Waals surface area contributed by atoms with Crippen molar-refractivity contribution in [3.8, 4) is 0 Å². The molecule has 0 aliphatic heterocycles. The summed E-state index contributed by atoms with van der Waals surface area (Å²) >= 11 is 1.54. The molecule has 0 aliphatic rings. The van der Waals surface area contributed by atoms with Gasteiger partial charge in [0.05, 0.1) is 16.6 Å². The highest BCUT2D eigenvalue weighted by Crippen LogP contribution is 2.23. The maximum absolute atomic E-state index is 13.0. The molecule has 0 fully saturated rings. The van der Waals surface area contributed by atoms with Gasteiger partial charge >= 0.3 is 0 Å². The van der Waals surface area contributed by atoms with Crippen molar-refractivity contribution in [2.45, 2.75) is 30.8 Å². The topological polar surface area (TPSA) is 61.4 Å². The SMILES string of the molecule is COCCCn1c(SCc2cn3cccc(C)c3n2)nc2ccccc2c1=O. The molecule has 0 unspecified atom stereocenters. The number of imidazole rings is 1. The van der Waals surface area contributed by atoms with E-state index in [4.69, 9.17) is 14.7 Å². The van der Waals surface area contributed by atoms with Gasteiger partial charge in [-0.25, -0.2) is 9.97 Å². The minimum atomic E-state index is -0.00458. The second-order valence-electron chi connectivity index (χ2n) is 6.66. The molecule has 144 valence electrons. The van der Waals surface area contributed by atoms with Crippen molar-refractivity contribution in [1.82, 2.24) is 18.9 Å². The van der Waals surface area contributed by atoms with Gasteiger partial charge in [-0.2, -0.15) is 0 Å². The van der Waals surface area contributed by atoms with Gasteiger partial charge in [-0.15, -0.1) is 0 Å². The average molecular weight is 395 g/mol. The van der Waals surface area contributed by atoms with E-state index in [1.807, 2.05) is 47.1 Å². The van der Waals surface area contributed by atoms with Gasteiger partial charge in [0.25, 0.3) is 5.56 Å². The number of ether oxygens (including phenoxy) is 1. The van der Waals surface area contributed by atoms with Crippen LogP contribution in [0.25, 0.3) is 16.6 Å². The molecule has 0 saturated carbocycles. The molecule has 6 nitrogen and oxygen atoms in total. The summed E-state index contributed by atoms with van der Waals surface area (Å²) in [6, 6.07) is 11.6. The predicted molar refractivity (Wildman–Crippen MR) is 112 cm³/mol. The highest BCUT2D eigenvalue weighted by molar-refractivity contribution is 7.98. The Bertz CT molecular complexity index is 1180. The highest BCUT2D eigenvalue weighted by atomic mass is 32.2. The van der Waals surface area contributed by atoms with Crippen LogP contribution in [0.2, 0.25) is 0 Å². The minimum absolute atomic E-state index is 0.00458. The number of benzene rings is 1. The van der Waals surface area contributed by atoms with Crippen molar-refractivity contribution >= 4 is 28.3 Å². The first-order valence-corrected chi connectivity index (χ1v) is 10.2. The van der Waals surface area contributed by atoms with Crippen molar-refractivity contribution < 1.29 is 4.74 Å². The number of methoxy groups -OCH3 is 1. The molecule has 0 bridgehead atoms. The number of rotatable bonds is 7. The van der Waals surface area contributed by atoms with Gasteiger partial charge in [0.2, 0.25) is 0 Å². The molecular weight excluding hydrogens is 372 g/mol. The summed E-state index contributed by atoms with van der Waals surface area (Å²) in [5.41, 5.74) is 3.78. The van der Waals surface area contributed by atoms with E-state index in [0.29, 0.717) is 29.4 Å². The van der Waals surface area contributed by atoms with Crippen LogP contribution in [0.5, 0.6) is 0 Å². The van der Waals surface area contributed by atoms with Crippen LogP contribution in [0, 0.1) is 6.92 Å². The van der Waals surface area contributed by atoms with Gasteiger partial charge in [0.15, 0.2) is 5.16 Å². The van der Waals surface area contributed by atoms with Crippen LogP contribution >= 0.6 is 11.8 Å². The smallest absolute Gasteiger partial charge is 0.262 e. The molecular formula is C21H22N4O2S. The molecule has 0 amide bonds. The lowest BCUT2D eigenvalue weighted by Crippen LogP contribution is -2.24. The normalized spacial score (nSPS) is 11.5. The lowest BCUT2D eigenvalue weighted by atomic mass is 10.2. The average Bonchev–Trinajstić information content (AvgIpc) is 3.13. The van der Waals surface area contributed by atoms with E-state index in [-0.39, 0.29) is 5.56 Å². The van der Waals surface area contributed by atoms with E-state index >= 15 is 0 Å². The lowest BCUT2D eigenvalue weighted by molar-refractivity contribution is 0.189. The molecule has 4 rings (SSSR count). The third kappa shape index (κ3) is 3.68. The van der Waals surface area contributed by atoms with Crippen molar-refractivity contribution in [1.29, 1.82) is 0 Å². The Morgan fingerprint density at radius 3 is 2.82 bits per heavy atom. The zero-order chi connectivity index (χ0) is 19.5. The van der Waals surface area contributed by atoms with Crippen LogP contribution in [0.15, 0.2) is 58.7 Å². The number of hydrogen-bond acceptors (Lipinski definition) is 5. The monoisotopic (exact) mass is 394 g/mol.